The molecule has 2 aromatic rings. The minimum Gasteiger partial charge on any atom is -0.478 e. The minimum atomic E-state index is -0.937. The average Bonchev–Trinajstić information content (AvgIpc) is 2.67. The van der Waals surface area contributed by atoms with E-state index in [4.69, 9.17) is 16.7 Å². The van der Waals surface area contributed by atoms with Crippen LogP contribution in [0.5, 0.6) is 0 Å². The van der Waals surface area contributed by atoms with Crippen molar-refractivity contribution in [1.82, 2.24) is 9.55 Å². The number of carbonyl (C=O) groups is 1. The molecule has 0 saturated heterocycles. The Morgan fingerprint density at radius 2 is 2.32 bits per heavy atom. The average molecular weight is 362 g/mol. The number of hydrogen-bond acceptors (Lipinski definition) is 3. The van der Waals surface area contributed by atoms with Crippen molar-refractivity contribution < 1.29 is 9.90 Å². The van der Waals surface area contributed by atoms with E-state index in [9.17, 15) is 4.79 Å². The molecule has 0 aliphatic carbocycles. The van der Waals surface area contributed by atoms with Crippen LogP contribution in [-0.2, 0) is 12.8 Å². The molecule has 0 saturated carbocycles. The zero-order valence-corrected chi connectivity index (χ0v) is 13.1. The van der Waals surface area contributed by atoms with Crippen LogP contribution in [0.2, 0.25) is 5.15 Å². The first-order valence-electron chi connectivity index (χ1n) is 5.30. The second-order valence-corrected chi connectivity index (χ2v) is 6.11. The van der Waals surface area contributed by atoms with E-state index in [2.05, 4.69) is 20.9 Å². The second-order valence-electron chi connectivity index (χ2n) is 3.79. The van der Waals surface area contributed by atoms with E-state index < -0.39 is 5.97 Å². The maximum atomic E-state index is 11.1. The quantitative estimate of drug-likeness (QED) is 0.841. The number of aromatic nitrogens is 2. The standard InChI is InChI=1S/C12H10BrClN2O2S/c1-16-10(14)5-15-11(16)6-19-9-4-7(13)2-3-8(9)12(17)18/h2-5H,6H2,1H3,(H,17,18). The van der Waals surface area contributed by atoms with Crippen LogP contribution in [0.3, 0.4) is 0 Å². The molecular weight excluding hydrogens is 352 g/mol. The highest BCUT2D eigenvalue weighted by Crippen LogP contribution is 2.29. The molecule has 2 rings (SSSR count). The number of hydrogen-bond donors (Lipinski definition) is 1. The van der Waals surface area contributed by atoms with E-state index >= 15 is 0 Å². The summed E-state index contributed by atoms with van der Waals surface area (Å²) < 4.78 is 2.62. The van der Waals surface area contributed by atoms with Gasteiger partial charge in [-0.2, -0.15) is 0 Å². The summed E-state index contributed by atoms with van der Waals surface area (Å²) in [5, 5.41) is 9.70. The predicted octanol–water partition coefficient (Wildman–Crippen LogP) is 3.83. The van der Waals surface area contributed by atoms with Gasteiger partial charge in [-0.25, -0.2) is 9.78 Å². The van der Waals surface area contributed by atoms with Gasteiger partial charge in [0, 0.05) is 16.4 Å². The van der Waals surface area contributed by atoms with Crippen LogP contribution in [0.15, 0.2) is 33.8 Å². The van der Waals surface area contributed by atoms with Crippen LogP contribution < -0.4 is 0 Å². The Kier molecular flexibility index (Phi) is 4.54. The van der Waals surface area contributed by atoms with Gasteiger partial charge in [0.2, 0.25) is 0 Å². The molecule has 0 unspecified atom stereocenters. The smallest absolute Gasteiger partial charge is 0.336 e. The highest BCUT2D eigenvalue weighted by Gasteiger charge is 2.12. The molecule has 4 nitrogen and oxygen atoms in total. The van der Waals surface area contributed by atoms with Gasteiger partial charge in [0.05, 0.1) is 17.5 Å². The SMILES string of the molecule is Cn1c(Cl)cnc1CSc1cc(Br)ccc1C(=O)O. The Morgan fingerprint density at radius 3 is 2.89 bits per heavy atom. The van der Waals surface area contributed by atoms with Gasteiger partial charge < -0.3 is 9.67 Å². The van der Waals surface area contributed by atoms with Crippen LogP contribution in [-0.4, -0.2) is 20.6 Å². The molecule has 0 fully saturated rings. The summed E-state index contributed by atoms with van der Waals surface area (Å²) in [4.78, 5) is 16.0. The van der Waals surface area contributed by atoms with E-state index in [1.165, 1.54) is 11.8 Å². The van der Waals surface area contributed by atoms with Gasteiger partial charge in [-0.15, -0.1) is 11.8 Å². The number of benzene rings is 1. The molecule has 0 bridgehead atoms. The molecule has 0 spiro atoms. The Balaban J connectivity index is 2.21. The molecule has 1 aromatic heterocycles. The van der Waals surface area contributed by atoms with E-state index in [0.29, 0.717) is 15.8 Å². The van der Waals surface area contributed by atoms with Crippen molar-refractivity contribution >= 4 is 45.3 Å². The summed E-state index contributed by atoms with van der Waals surface area (Å²) in [6.45, 7) is 0. The molecule has 0 radical (unpaired) electrons. The van der Waals surface area contributed by atoms with Crippen LogP contribution >= 0.6 is 39.3 Å². The molecule has 0 aliphatic rings. The minimum absolute atomic E-state index is 0.286. The summed E-state index contributed by atoms with van der Waals surface area (Å²) in [5.74, 6) is 0.416. The lowest BCUT2D eigenvalue weighted by molar-refractivity contribution is 0.0693. The van der Waals surface area contributed by atoms with Crippen LogP contribution in [0.4, 0.5) is 0 Å². The van der Waals surface area contributed by atoms with E-state index in [1.54, 1.807) is 29.0 Å². The number of imidazole rings is 1. The van der Waals surface area contributed by atoms with Crippen LogP contribution in [0.25, 0.3) is 0 Å². The van der Waals surface area contributed by atoms with Gasteiger partial charge in [-0.3, -0.25) is 0 Å². The van der Waals surface area contributed by atoms with Gasteiger partial charge in [-0.05, 0) is 18.2 Å². The van der Waals surface area contributed by atoms with Gasteiger partial charge in [0.1, 0.15) is 11.0 Å². The lowest BCUT2D eigenvalue weighted by Gasteiger charge is -2.07. The topological polar surface area (TPSA) is 55.1 Å². The van der Waals surface area contributed by atoms with Gasteiger partial charge in [0.15, 0.2) is 0 Å². The first-order valence-corrected chi connectivity index (χ1v) is 7.46. The van der Waals surface area contributed by atoms with Crippen molar-refractivity contribution in [2.75, 3.05) is 0 Å². The zero-order chi connectivity index (χ0) is 14.0. The zero-order valence-electron chi connectivity index (χ0n) is 9.93. The van der Waals surface area contributed by atoms with E-state index in [-0.39, 0.29) is 5.56 Å². The number of carboxylic acid groups (broad SMARTS) is 1. The first-order chi connectivity index (χ1) is 8.99. The Hall–Kier alpha value is -0.980. The van der Waals surface area contributed by atoms with Gasteiger partial charge in [-0.1, -0.05) is 27.5 Å². The lowest BCUT2D eigenvalue weighted by atomic mass is 10.2. The first kappa shape index (κ1) is 14.4. The maximum Gasteiger partial charge on any atom is 0.336 e. The second kappa shape index (κ2) is 5.98. The van der Waals surface area contributed by atoms with Gasteiger partial charge >= 0.3 is 5.97 Å². The Labute approximate surface area is 127 Å². The van der Waals surface area contributed by atoms with E-state index in [0.717, 1.165) is 10.3 Å². The van der Waals surface area contributed by atoms with Crippen molar-refractivity contribution in [3.63, 3.8) is 0 Å². The molecule has 0 amide bonds. The molecule has 100 valence electrons. The monoisotopic (exact) mass is 360 g/mol. The molecule has 19 heavy (non-hydrogen) atoms. The number of halogens is 2. The molecular formula is C12H10BrClN2O2S. The molecule has 0 aliphatic heterocycles. The normalized spacial score (nSPS) is 10.7. The fraction of sp³-hybridized carbons (Fsp3) is 0.167. The Morgan fingerprint density at radius 1 is 1.58 bits per heavy atom. The van der Waals surface area contributed by atoms with Crippen molar-refractivity contribution in [3.8, 4) is 0 Å². The summed E-state index contributed by atoms with van der Waals surface area (Å²) in [7, 11) is 1.82. The van der Waals surface area contributed by atoms with E-state index in [1.807, 2.05) is 7.05 Å². The summed E-state index contributed by atoms with van der Waals surface area (Å²) in [6.07, 6.45) is 1.58. The number of rotatable bonds is 4. The van der Waals surface area contributed by atoms with Crippen LogP contribution in [0.1, 0.15) is 16.2 Å². The molecule has 0 atom stereocenters. The third-order valence-corrected chi connectivity index (χ3v) is 4.45. The fourth-order valence-corrected chi connectivity index (χ4v) is 3.23. The number of carboxylic acids is 1. The highest BCUT2D eigenvalue weighted by molar-refractivity contribution is 9.10. The number of aromatic carboxylic acids is 1. The lowest BCUT2D eigenvalue weighted by Crippen LogP contribution is -2.00. The summed E-state index contributed by atoms with van der Waals surface area (Å²) >= 11 is 10.7. The van der Waals surface area contributed by atoms with Crippen molar-refractivity contribution in [2.45, 2.75) is 10.6 Å². The number of nitrogens with zero attached hydrogens (tertiary/aromatic N) is 2. The molecule has 7 heteroatoms. The van der Waals surface area contributed by atoms with Crippen molar-refractivity contribution in [1.29, 1.82) is 0 Å². The molecule has 1 aromatic carbocycles. The predicted molar refractivity (Wildman–Crippen MR) is 78.9 cm³/mol. The fourth-order valence-electron chi connectivity index (χ4n) is 1.49. The summed E-state index contributed by atoms with van der Waals surface area (Å²) in [5.41, 5.74) is 0.286. The van der Waals surface area contributed by atoms with Crippen molar-refractivity contribution in [3.05, 3.63) is 45.4 Å². The summed E-state index contributed by atoms with van der Waals surface area (Å²) in [6, 6.07) is 5.09. The third-order valence-electron chi connectivity index (χ3n) is 2.56. The van der Waals surface area contributed by atoms with Crippen LogP contribution in [0, 0.1) is 0 Å². The largest absolute Gasteiger partial charge is 0.478 e. The number of thioether (sulfide) groups is 1. The third kappa shape index (κ3) is 3.32. The molecule has 1 heterocycles. The highest BCUT2D eigenvalue weighted by atomic mass is 79.9. The maximum absolute atomic E-state index is 11.1. The molecule has 1 N–H and O–H groups in total. The van der Waals surface area contributed by atoms with Gasteiger partial charge in [0.25, 0.3) is 0 Å². The Bertz CT molecular complexity index is 630. The van der Waals surface area contributed by atoms with Crippen molar-refractivity contribution in [2.24, 2.45) is 7.05 Å².